The smallest absolute Gasteiger partial charge is 0.310 e. The lowest BCUT2D eigenvalue weighted by molar-refractivity contribution is -0.386. The van der Waals surface area contributed by atoms with E-state index in [0.29, 0.717) is 17.5 Å². The Hall–Kier alpha value is -4.14. The molecule has 0 spiro atoms. The molecule has 0 saturated heterocycles. The Bertz CT molecular complexity index is 1190. The summed E-state index contributed by atoms with van der Waals surface area (Å²) < 4.78 is 13.0. The van der Waals surface area contributed by atoms with E-state index in [0.717, 1.165) is 11.0 Å². The van der Waals surface area contributed by atoms with E-state index < -0.39 is 4.92 Å². The molecule has 9 heteroatoms. The number of ether oxygens (including phenoxy) is 1. The Morgan fingerprint density at radius 2 is 2.00 bits per heavy atom. The molecule has 0 atom stereocenters. The molecule has 4 aromatic rings. The number of hydrogen-bond acceptors (Lipinski definition) is 7. The average molecular weight is 391 g/mol. The molecule has 9 nitrogen and oxygen atoms in total. The predicted octanol–water partition coefficient (Wildman–Crippen LogP) is 4.10. The van der Waals surface area contributed by atoms with Gasteiger partial charge in [-0.1, -0.05) is 24.3 Å². The van der Waals surface area contributed by atoms with Crippen molar-refractivity contribution in [2.75, 3.05) is 5.43 Å². The van der Waals surface area contributed by atoms with Gasteiger partial charge in [0.2, 0.25) is 5.95 Å². The van der Waals surface area contributed by atoms with Gasteiger partial charge < -0.3 is 13.7 Å². The summed E-state index contributed by atoms with van der Waals surface area (Å²) in [4.78, 5) is 15.0. The van der Waals surface area contributed by atoms with Crippen LogP contribution in [-0.2, 0) is 13.7 Å². The highest BCUT2D eigenvalue weighted by Crippen LogP contribution is 2.26. The average Bonchev–Trinajstić information content (AvgIpc) is 3.31. The zero-order valence-electron chi connectivity index (χ0n) is 15.5. The minimum absolute atomic E-state index is 0.0663. The van der Waals surface area contributed by atoms with Gasteiger partial charge in [-0.05, 0) is 30.3 Å². The van der Waals surface area contributed by atoms with Gasteiger partial charge in [0, 0.05) is 13.1 Å². The Labute approximate surface area is 165 Å². The molecule has 0 bridgehead atoms. The number of fused-ring (bicyclic) bond motifs is 1. The minimum atomic E-state index is -0.484. The predicted molar refractivity (Wildman–Crippen MR) is 108 cm³/mol. The van der Waals surface area contributed by atoms with Crippen LogP contribution in [0.1, 0.15) is 11.5 Å². The third-order valence-electron chi connectivity index (χ3n) is 4.26. The number of hydrazone groups is 1. The molecule has 0 saturated carbocycles. The number of aryl methyl sites for hydroxylation is 1. The number of nitrogens with one attached hydrogen (secondary N) is 1. The SMILES string of the molecule is Cn1c(N/N=C\c2ccc(COc3ccccc3[N+](=O)[O-])o2)nc2ccccc21. The normalized spacial score (nSPS) is 11.2. The highest BCUT2D eigenvalue weighted by molar-refractivity contribution is 5.79. The van der Waals surface area contributed by atoms with Gasteiger partial charge in [-0.25, -0.2) is 10.4 Å². The van der Waals surface area contributed by atoms with Crippen LogP contribution in [0.2, 0.25) is 0 Å². The summed E-state index contributed by atoms with van der Waals surface area (Å²) in [5, 5.41) is 15.2. The van der Waals surface area contributed by atoms with Crippen molar-refractivity contribution in [3.8, 4) is 5.75 Å². The minimum Gasteiger partial charge on any atom is -0.479 e. The molecule has 0 unspecified atom stereocenters. The van der Waals surface area contributed by atoms with Gasteiger partial charge in [0.1, 0.15) is 18.1 Å². The Kier molecular flexibility index (Phi) is 4.93. The van der Waals surface area contributed by atoms with E-state index >= 15 is 0 Å². The molecule has 146 valence electrons. The first-order chi connectivity index (χ1) is 14.1. The van der Waals surface area contributed by atoms with Gasteiger partial charge in [-0.15, -0.1) is 0 Å². The molecule has 0 radical (unpaired) electrons. The summed E-state index contributed by atoms with van der Waals surface area (Å²) in [6.45, 7) is 0.0663. The van der Waals surface area contributed by atoms with Crippen LogP contribution in [0.25, 0.3) is 11.0 Å². The number of benzene rings is 2. The van der Waals surface area contributed by atoms with Crippen LogP contribution >= 0.6 is 0 Å². The van der Waals surface area contributed by atoms with Crippen molar-refractivity contribution < 1.29 is 14.1 Å². The zero-order chi connectivity index (χ0) is 20.2. The second kappa shape index (κ2) is 7.85. The van der Waals surface area contributed by atoms with Crippen molar-refractivity contribution >= 4 is 28.9 Å². The van der Waals surface area contributed by atoms with Gasteiger partial charge in [0.05, 0.1) is 22.2 Å². The number of imidazole rings is 1. The van der Waals surface area contributed by atoms with Crippen molar-refractivity contribution in [1.29, 1.82) is 0 Å². The molecule has 2 aromatic carbocycles. The number of nitro benzene ring substituents is 1. The summed E-state index contributed by atoms with van der Waals surface area (Å²) in [5.41, 5.74) is 4.68. The van der Waals surface area contributed by atoms with E-state index in [9.17, 15) is 10.1 Å². The summed E-state index contributed by atoms with van der Waals surface area (Å²) in [7, 11) is 1.90. The van der Waals surface area contributed by atoms with E-state index in [1.165, 1.54) is 12.3 Å². The Balaban J connectivity index is 1.39. The number of nitro groups is 1. The third kappa shape index (κ3) is 3.93. The number of anilines is 1. The van der Waals surface area contributed by atoms with E-state index in [4.69, 9.17) is 9.15 Å². The molecule has 29 heavy (non-hydrogen) atoms. The fraction of sp³-hybridized carbons (Fsp3) is 0.100. The van der Waals surface area contributed by atoms with Crippen molar-refractivity contribution in [2.45, 2.75) is 6.61 Å². The maximum absolute atomic E-state index is 11.0. The fourth-order valence-corrected chi connectivity index (χ4v) is 2.82. The first-order valence-electron chi connectivity index (χ1n) is 8.77. The summed E-state index contributed by atoms with van der Waals surface area (Å²) in [5.74, 6) is 1.83. The quantitative estimate of drug-likeness (QED) is 0.289. The molecule has 2 aromatic heterocycles. The first kappa shape index (κ1) is 18.2. The van der Waals surface area contributed by atoms with E-state index in [1.807, 2.05) is 35.9 Å². The monoisotopic (exact) mass is 391 g/mol. The molecule has 1 N–H and O–H groups in total. The lowest BCUT2D eigenvalue weighted by Gasteiger charge is -2.04. The van der Waals surface area contributed by atoms with Crippen LogP contribution in [0, 0.1) is 10.1 Å². The molecular weight excluding hydrogens is 374 g/mol. The maximum Gasteiger partial charge on any atom is 0.310 e. The molecule has 2 heterocycles. The van der Waals surface area contributed by atoms with Crippen LogP contribution in [0.3, 0.4) is 0 Å². The standard InChI is InChI=1S/C20H17N5O4/c1-24-17-7-3-2-6-16(17)22-20(24)23-21-12-14-10-11-15(29-14)13-28-19-9-5-4-8-18(19)25(26)27/h2-12H,13H2,1H3,(H,22,23)/b21-12-. The molecule has 4 rings (SSSR count). The van der Waals surface area contributed by atoms with Crippen molar-refractivity contribution in [1.82, 2.24) is 9.55 Å². The van der Waals surface area contributed by atoms with Crippen molar-refractivity contribution in [3.05, 3.63) is 82.3 Å². The largest absolute Gasteiger partial charge is 0.479 e. The first-order valence-corrected chi connectivity index (χ1v) is 8.77. The van der Waals surface area contributed by atoms with E-state index in [1.54, 1.807) is 30.3 Å². The van der Waals surface area contributed by atoms with Crippen molar-refractivity contribution in [3.63, 3.8) is 0 Å². The fourth-order valence-electron chi connectivity index (χ4n) is 2.82. The summed E-state index contributed by atoms with van der Waals surface area (Å²) in [6.07, 6.45) is 1.52. The molecule has 0 aliphatic carbocycles. The molecule has 0 aliphatic heterocycles. The number of furan rings is 1. The third-order valence-corrected chi connectivity index (χ3v) is 4.26. The lowest BCUT2D eigenvalue weighted by atomic mass is 10.3. The Morgan fingerprint density at radius 3 is 2.83 bits per heavy atom. The number of aromatic nitrogens is 2. The van der Waals surface area contributed by atoms with Gasteiger partial charge in [-0.2, -0.15) is 5.10 Å². The number of para-hydroxylation sites is 4. The summed E-state index contributed by atoms with van der Waals surface area (Å²) >= 11 is 0. The second-order valence-corrected chi connectivity index (χ2v) is 6.17. The lowest BCUT2D eigenvalue weighted by Crippen LogP contribution is -1.98. The topological polar surface area (TPSA) is 108 Å². The van der Waals surface area contributed by atoms with E-state index in [2.05, 4.69) is 15.5 Å². The van der Waals surface area contributed by atoms with Crippen LogP contribution in [-0.4, -0.2) is 20.7 Å². The second-order valence-electron chi connectivity index (χ2n) is 6.17. The van der Waals surface area contributed by atoms with Crippen LogP contribution in [0.5, 0.6) is 5.75 Å². The number of hydrogen-bond donors (Lipinski definition) is 1. The number of rotatable bonds is 7. The van der Waals surface area contributed by atoms with Crippen LogP contribution in [0.15, 0.2) is 70.2 Å². The van der Waals surface area contributed by atoms with Crippen molar-refractivity contribution in [2.24, 2.45) is 12.1 Å². The molecule has 0 amide bonds. The molecule has 0 aliphatic rings. The summed E-state index contributed by atoms with van der Waals surface area (Å²) in [6, 6.07) is 17.5. The van der Waals surface area contributed by atoms with Crippen LogP contribution < -0.4 is 10.2 Å². The Morgan fingerprint density at radius 1 is 1.21 bits per heavy atom. The molecular formula is C20H17N5O4. The molecule has 0 fully saturated rings. The van der Waals surface area contributed by atoms with Gasteiger partial charge in [0.25, 0.3) is 0 Å². The van der Waals surface area contributed by atoms with Crippen LogP contribution in [0.4, 0.5) is 11.6 Å². The van der Waals surface area contributed by atoms with Gasteiger partial charge in [-0.3, -0.25) is 10.1 Å². The highest BCUT2D eigenvalue weighted by atomic mass is 16.6. The maximum atomic E-state index is 11.0. The van der Waals surface area contributed by atoms with Gasteiger partial charge >= 0.3 is 5.69 Å². The highest BCUT2D eigenvalue weighted by Gasteiger charge is 2.14. The van der Waals surface area contributed by atoms with E-state index in [-0.39, 0.29) is 18.0 Å². The number of nitrogens with zero attached hydrogens (tertiary/aromatic N) is 4. The zero-order valence-corrected chi connectivity index (χ0v) is 15.5. The van der Waals surface area contributed by atoms with Gasteiger partial charge in [0.15, 0.2) is 5.75 Å².